The first-order valence-corrected chi connectivity index (χ1v) is 8.64. The van der Waals surface area contributed by atoms with Crippen molar-refractivity contribution in [3.05, 3.63) is 65.4 Å². The molecule has 0 spiro atoms. The van der Waals surface area contributed by atoms with Crippen molar-refractivity contribution in [2.24, 2.45) is 0 Å². The molecule has 0 unspecified atom stereocenters. The number of furan rings is 1. The fraction of sp³-hybridized carbons (Fsp3) is 0.286. The molecule has 0 bridgehead atoms. The van der Waals surface area contributed by atoms with Gasteiger partial charge < -0.3 is 9.32 Å². The van der Waals surface area contributed by atoms with Gasteiger partial charge in [-0.05, 0) is 31.0 Å². The molecule has 0 radical (unpaired) electrons. The summed E-state index contributed by atoms with van der Waals surface area (Å²) >= 11 is 0. The zero-order chi connectivity index (χ0) is 16.7. The lowest BCUT2D eigenvalue weighted by molar-refractivity contribution is -0.119. The van der Waals surface area contributed by atoms with Crippen molar-refractivity contribution in [1.29, 1.82) is 0 Å². The first-order valence-electron chi connectivity index (χ1n) is 8.64. The number of nitrogens with zero attached hydrogens (tertiary/aromatic N) is 1. The molecule has 1 atom stereocenters. The maximum atomic E-state index is 13.0. The Balaban J connectivity index is 1.80. The van der Waals surface area contributed by atoms with Gasteiger partial charge in [-0.25, -0.2) is 0 Å². The van der Waals surface area contributed by atoms with Crippen molar-refractivity contribution < 1.29 is 9.21 Å². The predicted molar refractivity (Wildman–Crippen MR) is 96.5 cm³/mol. The van der Waals surface area contributed by atoms with Crippen LogP contribution in [-0.2, 0) is 17.6 Å². The Morgan fingerprint density at radius 2 is 1.79 bits per heavy atom. The molecule has 1 aromatic heterocycles. The first-order chi connectivity index (χ1) is 11.7. The molecule has 1 aliphatic rings. The SMILES string of the molecule is CCc1oc2ccccc2c1C[C@H]1C(=O)N(CC)c2ccccc21. The molecule has 0 aliphatic carbocycles. The van der Waals surface area contributed by atoms with Crippen LogP contribution in [0.25, 0.3) is 11.0 Å². The summed E-state index contributed by atoms with van der Waals surface area (Å²) < 4.78 is 6.01. The number of likely N-dealkylation sites (N-methyl/N-ethyl adjacent to an activating group) is 1. The van der Waals surface area contributed by atoms with Gasteiger partial charge in [-0.3, -0.25) is 4.79 Å². The van der Waals surface area contributed by atoms with Crippen molar-refractivity contribution >= 4 is 22.6 Å². The predicted octanol–water partition coefficient (Wildman–Crippen LogP) is 4.69. The van der Waals surface area contributed by atoms with E-state index in [0.29, 0.717) is 13.0 Å². The minimum atomic E-state index is -0.118. The maximum Gasteiger partial charge on any atom is 0.234 e. The van der Waals surface area contributed by atoms with Crippen LogP contribution in [0, 0.1) is 0 Å². The van der Waals surface area contributed by atoms with E-state index in [2.05, 4.69) is 19.1 Å². The number of hydrogen-bond donors (Lipinski definition) is 0. The van der Waals surface area contributed by atoms with E-state index in [1.165, 1.54) is 5.56 Å². The number of para-hydroxylation sites is 2. The van der Waals surface area contributed by atoms with Crippen LogP contribution in [0.4, 0.5) is 5.69 Å². The Bertz CT molecular complexity index is 909. The van der Waals surface area contributed by atoms with Gasteiger partial charge in [0.05, 0.1) is 5.92 Å². The molecular formula is C21H21NO2. The molecule has 2 heterocycles. The van der Waals surface area contributed by atoms with E-state index < -0.39 is 0 Å². The summed E-state index contributed by atoms with van der Waals surface area (Å²) in [6.07, 6.45) is 1.54. The number of carbonyl (C=O) groups is 1. The second-order valence-corrected chi connectivity index (χ2v) is 6.25. The van der Waals surface area contributed by atoms with Gasteiger partial charge in [0.15, 0.2) is 0 Å². The quantitative estimate of drug-likeness (QED) is 0.699. The van der Waals surface area contributed by atoms with Crippen LogP contribution in [0.3, 0.4) is 0 Å². The summed E-state index contributed by atoms with van der Waals surface area (Å²) in [6, 6.07) is 16.3. The van der Waals surface area contributed by atoms with E-state index in [9.17, 15) is 4.79 Å². The third-order valence-electron chi connectivity index (χ3n) is 4.99. The highest BCUT2D eigenvalue weighted by atomic mass is 16.3. The van der Waals surface area contributed by atoms with Crippen LogP contribution in [0.15, 0.2) is 52.9 Å². The van der Waals surface area contributed by atoms with Gasteiger partial charge in [-0.1, -0.05) is 43.3 Å². The highest BCUT2D eigenvalue weighted by molar-refractivity contribution is 6.05. The van der Waals surface area contributed by atoms with Crippen LogP contribution >= 0.6 is 0 Å². The Labute approximate surface area is 141 Å². The highest BCUT2D eigenvalue weighted by Crippen LogP contribution is 2.40. The standard InChI is InChI=1S/C21H21NO2/c1-3-19-16(15-10-6-8-12-20(15)24-19)13-17-14-9-5-7-11-18(14)22(4-2)21(17)23/h5-12,17H,3-4,13H2,1-2H3/t17-/m1/s1. The molecule has 0 saturated heterocycles. The molecule has 3 aromatic rings. The number of hydrogen-bond acceptors (Lipinski definition) is 2. The van der Waals surface area contributed by atoms with E-state index >= 15 is 0 Å². The Kier molecular flexibility index (Phi) is 3.64. The number of amides is 1. The lowest BCUT2D eigenvalue weighted by Crippen LogP contribution is -2.29. The van der Waals surface area contributed by atoms with Crippen molar-refractivity contribution in [3.63, 3.8) is 0 Å². The molecule has 24 heavy (non-hydrogen) atoms. The van der Waals surface area contributed by atoms with E-state index in [0.717, 1.165) is 34.4 Å². The first kappa shape index (κ1) is 15.0. The van der Waals surface area contributed by atoms with Crippen LogP contribution in [0.5, 0.6) is 0 Å². The van der Waals surface area contributed by atoms with Crippen LogP contribution in [0.1, 0.15) is 36.7 Å². The third-order valence-corrected chi connectivity index (χ3v) is 4.99. The molecule has 2 aromatic carbocycles. The molecule has 3 heteroatoms. The number of fused-ring (bicyclic) bond motifs is 2. The van der Waals surface area contributed by atoms with E-state index in [1.54, 1.807) is 0 Å². The molecule has 0 saturated carbocycles. The second kappa shape index (κ2) is 5.82. The van der Waals surface area contributed by atoms with Gasteiger partial charge in [-0.15, -0.1) is 0 Å². The monoisotopic (exact) mass is 319 g/mol. The molecule has 0 fully saturated rings. The molecule has 3 nitrogen and oxygen atoms in total. The molecule has 1 aliphatic heterocycles. The Hall–Kier alpha value is -2.55. The van der Waals surface area contributed by atoms with Crippen LogP contribution < -0.4 is 4.90 Å². The van der Waals surface area contributed by atoms with Crippen molar-refractivity contribution in [1.82, 2.24) is 0 Å². The lowest BCUT2D eigenvalue weighted by atomic mass is 9.91. The number of rotatable bonds is 4. The van der Waals surface area contributed by atoms with E-state index in [1.807, 2.05) is 48.2 Å². The van der Waals surface area contributed by atoms with Crippen molar-refractivity contribution in [2.45, 2.75) is 32.6 Å². The summed E-state index contributed by atoms with van der Waals surface area (Å²) in [5.41, 5.74) is 4.28. The largest absolute Gasteiger partial charge is 0.461 e. The summed E-state index contributed by atoms with van der Waals surface area (Å²) in [7, 11) is 0. The van der Waals surface area contributed by atoms with Gasteiger partial charge >= 0.3 is 0 Å². The van der Waals surface area contributed by atoms with Gasteiger partial charge in [0.25, 0.3) is 0 Å². The second-order valence-electron chi connectivity index (χ2n) is 6.25. The third kappa shape index (κ3) is 2.15. The smallest absolute Gasteiger partial charge is 0.234 e. The summed E-state index contributed by atoms with van der Waals surface area (Å²) in [5.74, 6) is 1.08. The van der Waals surface area contributed by atoms with Gasteiger partial charge in [0.1, 0.15) is 11.3 Å². The average molecular weight is 319 g/mol. The highest BCUT2D eigenvalue weighted by Gasteiger charge is 2.37. The van der Waals surface area contributed by atoms with Crippen LogP contribution in [-0.4, -0.2) is 12.5 Å². The topological polar surface area (TPSA) is 33.5 Å². The van der Waals surface area contributed by atoms with Crippen molar-refractivity contribution in [2.75, 3.05) is 11.4 Å². The minimum Gasteiger partial charge on any atom is -0.461 e. The van der Waals surface area contributed by atoms with E-state index in [-0.39, 0.29) is 11.8 Å². The molecule has 4 rings (SSSR count). The Morgan fingerprint density at radius 3 is 2.58 bits per heavy atom. The minimum absolute atomic E-state index is 0.118. The van der Waals surface area contributed by atoms with Gasteiger partial charge in [0.2, 0.25) is 5.91 Å². The summed E-state index contributed by atoms with van der Waals surface area (Å²) in [5, 5.41) is 1.13. The summed E-state index contributed by atoms with van der Waals surface area (Å²) in [6.45, 7) is 4.84. The maximum absolute atomic E-state index is 13.0. The van der Waals surface area contributed by atoms with Gasteiger partial charge in [-0.2, -0.15) is 0 Å². The van der Waals surface area contributed by atoms with Gasteiger partial charge in [0, 0.05) is 29.6 Å². The molecular weight excluding hydrogens is 298 g/mol. The number of aryl methyl sites for hydroxylation is 1. The Morgan fingerprint density at radius 1 is 1.04 bits per heavy atom. The van der Waals surface area contributed by atoms with Crippen LogP contribution in [0.2, 0.25) is 0 Å². The fourth-order valence-corrected chi connectivity index (χ4v) is 3.85. The van der Waals surface area contributed by atoms with Crippen molar-refractivity contribution in [3.8, 4) is 0 Å². The zero-order valence-corrected chi connectivity index (χ0v) is 14.1. The number of benzene rings is 2. The number of anilines is 1. The molecule has 1 amide bonds. The molecule has 0 N–H and O–H groups in total. The lowest BCUT2D eigenvalue weighted by Gasteiger charge is -2.15. The number of carbonyl (C=O) groups excluding carboxylic acids is 1. The van der Waals surface area contributed by atoms with E-state index in [4.69, 9.17) is 4.42 Å². The zero-order valence-electron chi connectivity index (χ0n) is 14.1. The average Bonchev–Trinajstić information content (AvgIpc) is 3.11. The molecule has 122 valence electrons. The normalized spacial score (nSPS) is 16.8. The fourth-order valence-electron chi connectivity index (χ4n) is 3.85. The summed E-state index contributed by atoms with van der Waals surface area (Å²) in [4.78, 5) is 14.8.